The molecule has 232 valence electrons. The Morgan fingerprint density at radius 1 is 1.13 bits per heavy atom. The summed E-state index contributed by atoms with van der Waals surface area (Å²) in [6.45, 7) is 5.46. The largest absolute Gasteiger partial charge is 0.368 e. The van der Waals surface area contributed by atoms with Gasteiger partial charge < -0.3 is 16.0 Å². The lowest BCUT2D eigenvalue weighted by Gasteiger charge is -2.50. The molecule has 0 bridgehead atoms. The van der Waals surface area contributed by atoms with Crippen LogP contribution in [0.1, 0.15) is 67.8 Å². The molecule has 5 N–H and O–H groups in total. The van der Waals surface area contributed by atoms with Crippen molar-refractivity contribution in [2.75, 3.05) is 28.4 Å². The number of para-hydroxylation sites is 1. The third kappa shape index (κ3) is 6.68. The standard InChI is InChI=1S/C34H37N7O3S/c1-3-30(38-33-29(22-35)24(2)37-34(36)39-33)31-21-26-15-12-14-25(13-6-4-9-18-28(23-42)40-19-10-11-20-40)32(26)45(43,44)41(31)27-16-7-5-8-17-27/h5,7-8,12,14-17,21,30,43-44H,3-4,9-11,18-20H2,1-2H3,(H3,36,37,38,39)/t30-/m0/s1. The fourth-order valence-corrected chi connectivity index (χ4v) is 7.71. The van der Waals surface area contributed by atoms with Gasteiger partial charge in [-0.3, -0.25) is 9.11 Å². The molecule has 11 heteroatoms. The molecule has 0 spiro atoms. The molecule has 2 aromatic carbocycles. The van der Waals surface area contributed by atoms with Gasteiger partial charge in [0.1, 0.15) is 28.3 Å². The van der Waals surface area contributed by atoms with Crippen LogP contribution in [0, 0.1) is 30.1 Å². The molecule has 0 aliphatic carbocycles. The van der Waals surface area contributed by atoms with E-state index in [1.165, 1.54) is 0 Å². The van der Waals surface area contributed by atoms with Gasteiger partial charge in [0.25, 0.3) is 0 Å². The Morgan fingerprint density at radius 3 is 2.58 bits per heavy atom. The van der Waals surface area contributed by atoms with Gasteiger partial charge in [-0.15, -0.1) is 0 Å². The maximum absolute atomic E-state index is 12.1. The predicted octanol–water partition coefficient (Wildman–Crippen LogP) is 6.35. The van der Waals surface area contributed by atoms with Gasteiger partial charge in [0.05, 0.1) is 34.4 Å². The van der Waals surface area contributed by atoms with Gasteiger partial charge in [-0.25, -0.2) is 14.1 Å². The number of hydrogen-bond acceptors (Lipinski definition) is 10. The van der Waals surface area contributed by atoms with E-state index in [9.17, 15) is 19.2 Å². The molecule has 2 aliphatic heterocycles. The fraction of sp³-hybridized carbons (Fsp3) is 0.324. The number of nitrogens with one attached hydrogen (secondary N) is 1. The number of benzene rings is 2. The Balaban J connectivity index is 1.50. The van der Waals surface area contributed by atoms with Crippen LogP contribution in [0.5, 0.6) is 0 Å². The van der Waals surface area contributed by atoms with Crippen molar-refractivity contribution >= 4 is 40.2 Å². The Kier molecular flexibility index (Phi) is 9.77. The molecule has 0 radical (unpaired) electrons. The van der Waals surface area contributed by atoms with Gasteiger partial charge in [0, 0.05) is 25.1 Å². The Bertz CT molecular complexity index is 1740. The molecular weight excluding hydrogens is 586 g/mol. The van der Waals surface area contributed by atoms with Crippen molar-refractivity contribution in [1.82, 2.24) is 14.9 Å². The predicted molar refractivity (Wildman–Crippen MR) is 179 cm³/mol. The fourth-order valence-electron chi connectivity index (χ4n) is 5.78. The molecule has 1 aromatic heterocycles. The van der Waals surface area contributed by atoms with Crippen LogP contribution >= 0.6 is 10.8 Å². The van der Waals surface area contributed by atoms with Gasteiger partial charge in [0.15, 0.2) is 0 Å². The van der Waals surface area contributed by atoms with Gasteiger partial charge in [-0.2, -0.15) is 10.2 Å². The van der Waals surface area contributed by atoms with E-state index in [4.69, 9.17) is 5.73 Å². The van der Waals surface area contributed by atoms with Crippen LogP contribution < -0.4 is 15.4 Å². The maximum Gasteiger partial charge on any atom is 0.222 e. The highest BCUT2D eigenvalue weighted by Crippen LogP contribution is 2.61. The van der Waals surface area contributed by atoms with Crippen molar-refractivity contribution in [3.05, 3.63) is 82.3 Å². The molecule has 1 atom stereocenters. The summed E-state index contributed by atoms with van der Waals surface area (Å²) in [4.78, 5) is 22.3. The minimum Gasteiger partial charge on any atom is -0.368 e. The number of aryl methyl sites for hydroxylation is 1. The monoisotopic (exact) mass is 623 g/mol. The normalized spacial score (nSPS) is 16.3. The van der Waals surface area contributed by atoms with E-state index >= 15 is 0 Å². The minimum absolute atomic E-state index is 0.0358. The number of allylic oxidation sites excluding steroid dienone is 1. The lowest BCUT2D eigenvalue weighted by molar-refractivity contribution is 0.406. The average molecular weight is 624 g/mol. The third-order valence-electron chi connectivity index (χ3n) is 7.94. The molecule has 5 rings (SSSR count). The number of aromatic nitrogens is 2. The molecular formula is C34H37N7O3S. The number of unbranched alkanes of at least 4 members (excludes halogenated alkanes) is 1. The Morgan fingerprint density at radius 2 is 1.89 bits per heavy atom. The Labute approximate surface area is 265 Å². The zero-order valence-electron chi connectivity index (χ0n) is 25.5. The zero-order chi connectivity index (χ0) is 32.0. The van der Waals surface area contributed by atoms with Crippen molar-refractivity contribution in [3.8, 4) is 17.9 Å². The molecule has 3 heterocycles. The van der Waals surface area contributed by atoms with E-state index in [0.29, 0.717) is 64.5 Å². The lowest BCUT2D eigenvalue weighted by Crippen LogP contribution is -2.39. The number of hydrogen-bond donors (Lipinski definition) is 4. The number of anilines is 3. The highest BCUT2D eigenvalue weighted by Gasteiger charge is 2.39. The summed E-state index contributed by atoms with van der Waals surface area (Å²) in [5.41, 5.74) is 9.70. The second-order valence-corrected chi connectivity index (χ2v) is 12.8. The number of nitriles is 1. The first kappa shape index (κ1) is 31.6. The van der Waals surface area contributed by atoms with E-state index < -0.39 is 16.8 Å². The summed E-state index contributed by atoms with van der Waals surface area (Å²) in [5, 5.41) is 13.1. The first-order valence-corrected chi connectivity index (χ1v) is 16.6. The summed E-state index contributed by atoms with van der Waals surface area (Å²) in [7, 11) is -3.63. The molecule has 45 heavy (non-hydrogen) atoms. The summed E-state index contributed by atoms with van der Waals surface area (Å²) in [6.07, 6.45) is 6.52. The van der Waals surface area contributed by atoms with E-state index in [0.717, 1.165) is 25.9 Å². The molecule has 2 aliphatic rings. The summed E-state index contributed by atoms with van der Waals surface area (Å²) in [6, 6.07) is 16.3. The Hall–Kier alpha value is -4.77. The van der Waals surface area contributed by atoms with E-state index in [1.807, 2.05) is 55.5 Å². The van der Waals surface area contributed by atoms with Crippen molar-refractivity contribution in [1.29, 1.82) is 5.26 Å². The number of nitrogens with two attached hydrogens (primary N) is 1. The molecule has 1 saturated heterocycles. The third-order valence-corrected chi connectivity index (χ3v) is 9.88. The van der Waals surface area contributed by atoms with E-state index in [1.54, 1.807) is 17.3 Å². The maximum atomic E-state index is 12.1. The highest BCUT2D eigenvalue weighted by atomic mass is 32.3. The molecule has 0 amide bonds. The minimum atomic E-state index is -3.63. The quantitative estimate of drug-likeness (QED) is 0.121. The number of carbonyl (C=O) groups excluding carboxylic acids is 1. The first-order chi connectivity index (χ1) is 21.8. The summed E-state index contributed by atoms with van der Waals surface area (Å²) in [5.74, 6) is 8.79. The van der Waals surface area contributed by atoms with E-state index in [-0.39, 0.29) is 17.3 Å². The van der Waals surface area contributed by atoms with Gasteiger partial charge >= 0.3 is 0 Å². The zero-order valence-corrected chi connectivity index (χ0v) is 26.3. The molecule has 0 saturated carbocycles. The smallest absolute Gasteiger partial charge is 0.222 e. The van der Waals surface area contributed by atoms with E-state index in [2.05, 4.69) is 44.0 Å². The van der Waals surface area contributed by atoms with Crippen LogP contribution in [0.15, 0.2) is 64.8 Å². The number of fused-ring (bicyclic) bond motifs is 1. The van der Waals surface area contributed by atoms with Crippen LogP contribution in [0.4, 0.5) is 17.5 Å². The number of nitrogen functional groups attached to an aromatic ring is 1. The van der Waals surface area contributed by atoms with Crippen molar-refractivity contribution in [2.24, 2.45) is 0 Å². The number of rotatable bonds is 9. The van der Waals surface area contributed by atoms with Gasteiger partial charge in [-0.1, -0.05) is 59.9 Å². The molecule has 1 fully saturated rings. The van der Waals surface area contributed by atoms with Crippen LogP contribution in [-0.4, -0.2) is 49.0 Å². The van der Waals surface area contributed by atoms with Crippen molar-refractivity contribution in [2.45, 2.75) is 63.3 Å². The topological polar surface area (TPSA) is 152 Å². The van der Waals surface area contributed by atoms with Gasteiger partial charge in [-0.05, 0) is 63.3 Å². The second kappa shape index (κ2) is 13.9. The lowest BCUT2D eigenvalue weighted by atomic mass is 10.0. The van der Waals surface area contributed by atoms with Crippen molar-refractivity contribution in [3.63, 3.8) is 0 Å². The second-order valence-electron chi connectivity index (χ2n) is 10.9. The highest BCUT2D eigenvalue weighted by molar-refractivity contribution is 8.25. The summed E-state index contributed by atoms with van der Waals surface area (Å²) < 4.78 is 25.8. The van der Waals surface area contributed by atoms with Crippen LogP contribution in [-0.2, 0) is 4.79 Å². The van der Waals surface area contributed by atoms with Crippen LogP contribution in [0.25, 0.3) is 6.08 Å². The van der Waals surface area contributed by atoms with Crippen molar-refractivity contribution < 1.29 is 13.9 Å². The molecule has 10 nitrogen and oxygen atoms in total. The van der Waals surface area contributed by atoms with Crippen LogP contribution in [0.3, 0.4) is 0 Å². The average Bonchev–Trinajstić information content (AvgIpc) is 3.56. The van der Waals surface area contributed by atoms with Crippen LogP contribution in [0.2, 0.25) is 0 Å². The number of nitrogens with zero attached hydrogens (tertiary/aromatic N) is 5. The summed E-state index contributed by atoms with van der Waals surface area (Å²) >= 11 is 0. The molecule has 3 aromatic rings. The molecule has 0 unspecified atom stereocenters. The van der Waals surface area contributed by atoms with Gasteiger partial charge in [0.2, 0.25) is 5.95 Å². The SMILES string of the molecule is CC[C@H](Nc1nc(N)nc(C)c1C#N)C1=Cc2cccc(C#CCCCC(=C=O)N3CCCC3)c2S(O)(O)N1c1ccccc1. The number of likely N-dealkylation sites (tertiary alicyclic amines) is 1. The first-order valence-electron chi connectivity index (χ1n) is 15.0.